The van der Waals surface area contributed by atoms with Gasteiger partial charge in [0.05, 0.1) is 15.5 Å². The quantitative estimate of drug-likeness (QED) is 0.610. The van der Waals surface area contributed by atoms with Gasteiger partial charge in [0.15, 0.2) is 0 Å². The molecule has 8 heteroatoms. The second kappa shape index (κ2) is 5.97. The van der Waals surface area contributed by atoms with Gasteiger partial charge in [0, 0.05) is 25.1 Å². The first-order valence-corrected chi connectivity index (χ1v) is 5.30. The number of nitro groups is 1. The molecule has 0 aliphatic carbocycles. The molecular formula is C10H10ClN3O4. The van der Waals surface area contributed by atoms with E-state index in [2.05, 4.69) is 5.32 Å². The fraction of sp³-hybridized carbons (Fsp3) is 0.200. The topological polar surface area (TPSA) is 115 Å². The minimum absolute atomic E-state index is 0.0103. The molecule has 1 aromatic carbocycles. The molecule has 0 aliphatic rings. The van der Waals surface area contributed by atoms with Crippen molar-refractivity contribution in [2.45, 2.75) is 6.42 Å². The zero-order valence-electron chi connectivity index (χ0n) is 9.18. The summed E-state index contributed by atoms with van der Waals surface area (Å²) in [4.78, 5) is 32.0. The summed E-state index contributed by atoms with van der Waals surface area (Å²) in [6.07, 6.45) is 0.0103. The molecule has 0 unspecified atom stereocenters. The van der Waals surface area contributed by atoms with Gasteiger partial charge in [-0.3, -0.25) is 19.7 Å². The normalized spacial score (nSPS) is 9.83. The Morgan fingerprint density at radius 1 is 1.44 bits per heavy atom. The number of carbonyl (C=O) groups is 2. The van der Waals surface area contributed by atoms with E-state index in [-0.39, 0.29) is 29.2 Å². The zero-order valence-corrected chi connectivity index (χ0v) is 9.94. The molecule has 2 amide bonds. The molecule has 7 nitrogen and oxygen atoms in total. The lowest BCUT2D eigenvalue weighted by molar-refractivity contribution is -0.384. The molecule has 0 heterocycles. The highest BCUT2D eigenvalue weighted by molar-refractivity contribution is 6.34. The van der Waals surface area contributed by atoms with E-state index in [9.17, 15) is 19.7 Å². The van der Waals surface area contributed by atoms with Crippen LogP contribution >= 0.6 is 11.6 Å². The van der Waals surface area contributed by atoms with E-state index in [1.807, 2.05) is 0 Å². The highest BCUT2D eigenvalue weighted by Gasteiger charge is 2.14. The number of nitrogens with one attached hydrogen (secondary N) is 1. The molecule has 96 valence electrons. The van der Waals surface area contributed by atoms with Crippen molar-refractivity contribution in [1.29, 1.82) is 0 Å². The van der Waals surface area contributed by atoms with Crippen molar-refractivity contribution < 1.29 is 14.5 Å². The van der Waals surface area contributed by atoms with E-state index in [4.69, 9.17) is 17.3 Å². The number of rotatable bonds is 5. The summed E-state index contributed by atoms with van der Waals surface area (Å²) >= 11 is 5.75. The summed E-state index contributed by atoms with van der Waals surface area (Å²) in [6, 6.07) is 3.51. The first-order chi connectivity index (χ1) is 8.41. The number of nitrogens with zero attached hydrogens (tertiary/aromatic N) is 1. The van der Waals surface area contributed by atoms with Crippen molar-refractivity contribution in [3.05, 3.63) is 38.9 Å². The van der Waals surface area contributed by atoms with Gasteiger partial charge >= 0.3 is 0 Å². The molecular weight excluding hydrogens is 262 g/mol. The molecule has 0 spiro atoms. The number of benzene rings is 1. The number of primary amides is 1. The Morgan fingerprint density at radius 3 is 2.61 bits per heavy atom. The number of amides is 2. The van der Waals surface area contributed by atoms with Crippen LogP contribution in [0, 0.1) is 10.1 Å². The predicted molar refractivity (Wildman–Crippen MR) is 64.3 cm³/mol. The van der Waals surface area contributed by atoms with Gasteiger partial charge in [0.1, 0.15) is 0 Å². The Hall–Kier alpha value is -2.15. The monoisotopic (exact) mass is 271 g/mol. The van der Waals surface area contributed by atoms with Crippen LogP contribution in [0.2, 0.25) is 5.02 Å². The number of carbonyl (C=O) groups excluding carboxylic acids is 2. The second-order valence-corrected chi connectivity index (χ2v) is 3.80. The lowest BCUT2D eigenvalue weighted by Gasteiger charge is -2.05. The van der Waals surface area contributed by atoms with Gasteiger partial charge in [0.25, 0.3) is 11.6 Å². The zero-order chi connectivity index (χ0) is 13.7. The van der Waals surface area contributed by atoms with Crippen molar-refractivity contribution in [3.63, 3.8) is 0 Å². The third-order valence-electron chi connectivity index (χ3n) is 2.07. The Labute approximate surface area is 107 Å². The predicted octanol–water partition coefficient (Wildman–Crippen LogP) is 0.853. The van der Waals surface area contributed by atoms with Crippen LogP contribution in [0.5, 0.6) is 0 Å². The number of hydrogen-bond donors (Lipinski definition) is 2. The first kappa shape index (κ1) is 13.9. The fourth-order valence-corrected chi connectivity index (χ4v) is 1.46. The van der Waals surface area contributed by atoms with E-state index in [1.165, 1.54) is 12.1 Å². The SMILES string of the molecule is NC(=O)CCNC(=O)c1ccc([N+](=O)[O-])cc1Cl. The molecule has 0 atom stereocenters. The van der Waals surface area contributed by atoms with Gasteiger partial charge in [0.2, 0.25) is 5.91 Å². The van der Waals surface area contributed by atoms with E-state index in [0.29, 0.717) is 0 Å². The fourth-order valence-electron chi connectivity index (χ4n) is 1.20. The highest BCUT2D eigenvalue weighted by Crippen LogP contribution is 2.22. The van der Waals surface area contributed by atoms with E-state index >= 15 is 0 Å². The number of nitro benzene ring substituents is 1. The van der Waals surface area contributed by atoms with Gasteiger partial charge in [-0.25, -0.2) is 0 Å². The van der Waals surface area contributed by atoms with Gasteiger partial charge in [-0.2, -0.15) is 0 Å². The average Bonchev–Trinajstić information content (AvgIpc) is 2.27. The van der Waals surface area contributed by atoms with Crippen molar-refractivity contribution in [2.24, 2.45) is 5.73 Å². The molecule has 0 fully saturated rings. The van der Waals surface area contributed by atoms with E-state index in [1.54, 1.807) is 0 Å². The number of hydrogen-bond acceptors (Lipinski definition) is 4. The van der Waals surface area contributed by atoms with Crippen molar-refractivity contribution in [1.82, 2.24) is 5.32 Å². The highest BCUT2D eigenvalue weighted by atomic mass is 35.5. The van der Waals surface area contributed by atoms with Gasteiger partial charge < -0.3 is 11.1 Å². The number of nitrogens with two attached hydrogens (primary N) is 1. The summed E-state index contributed by atoms with van der Waals surface area (Å²) in [7, 11) is 0. The third-order valence-corrected chi connectivity index (χ3v) is 2.38. The molecule has 1 rings (SSSR count). The average molecular weight is 272 g/mol. The van der Waals surface area contributed by atoms with Crippen LogP contribution < -0.4 is 11.1 Å². The third kappa shape index (κ3) is 3.70. The summed E-state index contributed by atoms with van der Waals surface area (Å²) in [5, 5.41) is 12.9. The number of halogens is 1. The lowest BCUT2D eigenvalue weighted by atomic mass is 10.2. The Bertz CT molecular complexity index is 504. The maximum atomic E-state index is 11.6. The summed E-state index contributed by atoms with van der Waals surface area (Å²) in [5.41, 5.74) is 4.81. The summed E-state index contributed by atoms with van der Waals surface area (Å²) < 4.78 is 0. The van der Waals surface area contributed by atoms with Crippen LogP contribution in [0.15, 0.2) is 18.2 Å². The van der Waals surface area contributed by atoms with Crippen LogP contribution in [0.25, 0.3) is 0 Å². The van der Waals surface area contributed by atoms with Crippen molar-refractivity contribution in [2.75, 3.05) is 6.54 Å². The van der Waals surface area contributed by atoms with Crippen LogP contribution in [0.1, 0.15) is 16.8 Å². The Balaban J connectivity index is 2.74. The summed E-state index contributed by atoms with van der Waals surface area (Å²) in [5.74, 6) is -1.05. The molecule has 0 saturated carbocycles. The van der Waals surface area contributed by atoms with Gasteiger partial charge in [-0.1, -0.05) is 11.6 Å². The largest absolute Gasteiger partial charge is 0.370 e. The van der Waals surface area contributed by atoms with Gasteiger partial charge in [-0.05, 0) is 6.07 Å². The number of non-ortho nitro benzene ring substituents is 1. The van der Waals surface area contributed by atoms with E-state index in [0.717, 1.165) is 6.07 Å². The molecule has 0 aliphatic heterocycles. The minimum Gasteiger partial charge on any atom is -0.370 e. The van der Waals surface area contributed by atoms with E-state index < -0.39 is 16.7 Å². The standard InChI is InChI=1S/C10H10ClN3O4/c11-8-5-6(14(17)18)1-2-7(8)10(16)13-4-3-9(12)15/h1-2,5H,3-4H2,(H2,12,15)(H,13,16). The Kier molecular flexibility index (Phi) is 4.61. The van der Waals surface area contributed by atoms with Gasteiger partial charge in [-0.15, -0.1) is 0 Å². The maximum Gasteiger partial charge on any atom is 0.270 e. The van der Waals surface area contributed by atoms with Crippen molar-refractivity contribution in [3.8, 4) is 0 Å². The maximum absolute atomic E-state index is 11.6. The minimum atomic E-state index is -0.610. The van der Waals surface area contributed by atoms with Crippen LogP contribution in [0.3, 0.4) is 0 Å². The lowest BCUT2D eigenvalue weighted by Crippen LogP contribution is -2.28. The summed E-state index contributed by atoms with van der Waals surface area (Å²) in [6.45, 7) is 0.0848. The first-order valence-electron chi connectivity index (χ1n) is 4.92. The van der Waals surface area contributed by atoms with Crippen LogP contribution in [-0.4, -0.2) is 23.3 Å². The molecule has 0 radical (unpaired) electrons. The molecule has 1 aromatic rings. The van der Waals surface area contributed by atoms with Crippen molar-refractivity contribution >= 4 is 29.1 Å². The van der Waals surface area contributed by atoms with Crippen LogP contribution in [0.4, 0.5) is 5.69 Å². The molecule has 18 heavy (non-hydrogen) atoms. The molecule has 0 saturated heterocycles. The molecule has 0 bridgehead atoms. The second-order valence-electron chi connectivity index (χ2n) is 3.39. The Morgan fingerprint density at radius 2 is 2.11 bits per heavy atom. The molecule has 0 aromatic heterocycles. The smallest absolute Gasteiger partial charge is 0.270 e. The van der Waals surface area contributed by atoms with Crippen LogP contribution in [-0.2, 0) is 4.79 Å². The molecule has 3 N–H and O–H groups in total.